The lowest BCUT2D eigenvalue weighted by Crippen LogP contribution is -1.98. The van der Waals surface area contributed by atoms with E-state index in [4.69, 9.17) is 14.3 Å². The van der Waals surface area contributed by atoms with Crippen molar-refractivity contribution < 1.29 is 14.3 Å². The molecule has 4 nitrogen and oxygen atoms in total. The monoisotopic (exact) mass is 248 g/mol. The summed E-state index contributed by atoms with van der Waals surface area (Å²) < 4.78 is 5.12. The average Bonchev–Trinajstić information content (AvgIpc) is 2.31. The summed E-state index contributed by atoms with van der Waals surface area (Å²) in [5.41, 5.74) is 2.68. The number of fused-ring (bicyclic) bond motifs is 1. The van der Waals surface area contributed by atoms with Crippen molar-refractivity contribution in [2.45, 2.75) is 26.7 Å². The SMILES string of the molecule is CCCc1ccc2oc(=O)cc(C)c2c1.O=CO. The van der Waals surface area contributed by atoms with Crippen molar-refractivity contribution in [2.24, 2.45) is 0 Å². The third-order valence-corrected chi connectivity index (χ3v) is 2.55. The summed E-state index contributed by atoms with van der Waals surface area (Å²) >= 11 is 0. The van der Waals surface area contributed by atoms with E-state index in [2.05, 4.69) is 13.0 Å². The van der Waals surface area contributed by atoms with Crippen LogP contribution in [0.2, 0.25) is 0 Å². The maximum Gasteiger partial charge on any atom is 0.336 e. The summed E-state index contributed by atoms with van der Waals surface area (Å²) in [5.74, 6) is 0. The first kappa shape index (κ1) is 14.0. The van der Waals surface area contributed by atoms with Gasteiger partial charge in [-0.25, -0.2) is 4.79 Å². The lowest BCUT2D eigenvalue weighted by Gasteiger charge is -2.03. The average molecular weight is 248 g/mol. The maximum absolute atomic E-state index is 11.1. The Morgan fingerprint density at radius 2 is 2.00 bits per heavy atom. The molecule has 0 aliphatic heterocycles. The van der Waals surface area contributed by atoms with E-state index in [1.807, 2.05) is 19.1 Å². The first-order valence-electron chi connectivity index (χ1n) is 5.73. The van der Waals surface area contributed by atoms with Crippen LogP contribution >= 0.6 is 0 Å². The molecular weight excluding hydrogens is 232 g/mol. The Balaban J connectivity index is 0.000000492. The fraction of sp³-hybridized carbons (Fsp3) is 0.286. The third kappa shape index (κ3) is 3.45. The van der Waals surface area contributed by atoms with Gasteiger partial charge in [0.05, 0.1) is 0 Å². The van der Waals surface area contributed by atoms with Gasteiger partial charge in [0, 0.05) is 11.5 Å². The molecule has 0 bridgehead atoms. The van der Waals surface area contributed by atoms with E-state index in [0.29, 0.717) is 5.58 Å². The third-order valence-electron chi connectivity index (χ3n) is 2.55. The molecule has 4 heteroatoms. The van der Waals surface area contributed by atoms with Crippen LogP contribution in [0.1, 0.15) is 24.5 Å². The fourth-order valence-electron chi connectivity index (χ4n) is 1.81. The van der Waals surface area contributed by atoms with Gasteiger partial charge < -0.3 is 9.52 Å². The molecule has 0 fully saturated rings. The number of hydrogen-bond acceptors (Lipinski definition) is 3. The van der Waals surface area contributed by atoms with Gasteiger partial charge in [-0.1, -0.05) is 19.4 Å². The summed E-state index contributed by atoms with van der Waals surface area (Å²) in [5, 5.41) is 7.93. The molecule has 0 aliphatic carbocycles. The Morgan fingerprint density at radius 1 is 1.33 bits per heavy atom. The van der Waals surface area contributed by atoms with Gasteiger partial charge in [-0.15, -0.1) is 0 Å². The summed E-state index contributed by atoms with van der Waals surface area (Å²) in [7, 11) is 0. The van der Waals surface area contributed by atoms with Crippen LogP contribution in [-0.2, 0) is 11.2 Å². The predicted molar refractivity (Wildman–Crippen MR) is 69.9 cm³/mol. The van der Waals surface area contributed by atoms with E-state index in [0.717, 1.165) is 23.8 Å². The van der Waals surface area contributed by atoms with Crippen LogP contribution in [0, 0.1) is 6.92 Å². The minimum atomic E-state index is -0.275. The standard InChI is InChI=1S/C13H14O2.CH2O2/c1-3-4-10-5-6-12-11(8-10)9(2)7-13(14)15-12;2-1-3/h5-8H,3-4H2,1-2H3;1H,(H,2,3). The number of rotatable bonds is 2. The number of carboxylic acid groups (broad SMARTS) is 1. The molecule has 0 spiro atoms. The van der Waals surface area contributed by atoms with Gasteiger partial charge in [-0.05, 0) is 36.6 Å². The quantitative estimate of drug-likeness (QED) is 0.655. The Bertz CT molecular complexity index is 584. The van der Waals surface area contributed by atoms with Crippen molar-refractivity contribution in [3.8, 4) is 0 Å². The summed E-state index contributed by atoms with van der Waals surface area (Å²) in [6.45, 7) is 3.84. The summed E-state index contributed by atoms with van der Waals surface area (Å²) in [6, 6.07) is 7.55. The van der Waals surface area contributed by atoms with Gasteiger partial charge in [0.2, 0.25) is 0 Å². The van der Waals surface area contributed by atoms with E-state index in [9.17, 15) is 4.79 Å². The van der Waals surface area contributed by atoms with Crippen molar-refractivity contribution in [2.75, 3.05) is 0 Å². The largest absolute Gasteiger partial charge is 0.483 e. The van der Waals surface area contributed by atoms with E-state index in [1.54, 1.807) is 0 Å². The molecule has 0 aliphatic rings. The molecule has 1 N–H and O–H groups in total. The van der Waals surface area contributed by atoms with E-state index < -0.39 is 0 Å². The Hall–Kier alpha value is -2.10. The van der Waals surface area contributed by atoms with Crippen LogP contribution in [0.15, 0.2) is 33.5 Å². The topological polar surface area (TPSA) is 67.5 Å². The molecular formula is C14H16O4. The van der Waals surface area contributed by atoms with Gasteiger partial charge in [0.15, 0.2) is 0 Å². The fourth-order valence-corrected chi connectivity index (χ4v) is 1.81. The summed E-state index contributed by atoms with van der Waals surface area (Å²) in [4.78, 5) is 19.5. The van der Waals surface area contributed by atoms with Crippen molar-refractivity contribution >= 4 is 17.4 Å². The van der Waals surface area contributed by atoms with Crippen molar-refractivity contribution in [1.29, 1.82) is 0 Å². The highest BCUT2D eigenvalue weighted by Crippen LogP contribution is 2.18. The molecule has 2 aromatic rings. The van der Waals surface area contributed by atoms with Crippen molar-refractivity contribution in [3.63, 3.8) is 0 Å². The van der Waals surface area contributed by atoms with E-state index >= 15 is 0 Å². The van der Waals surface area contributed by atoms with Crippen LogP contribution in [0.4, 0.5) is 0 Å². The molecule has 96 valence electrons. The first-order valence-corrected chi connectivity index (χ1v) is 5.73. The van der Waals surface area contributed by atoms with E-state index in [-0.39, 0.29) is 12.1 Å². The van der Waals surface area contributed by atoms with Gasteiger partial charge in [0.1, 0.15) is 5.58 Å². The number of carbonyl (C=O) groups is 1. The smallest absolute Gasteiger partial charge is 0.336 e. The lowest BCUT2D eigenvalue weighted by atomic mass is 10.1. The molecule has 1 aromatic heterocycles. The van der Waals surface area contributed by atoms with Gasteiger partial charge in [-0.3, -0.25) is 4.79 Å². The molecule has 0 amide bonds. The molecule has 1 aromatic carbocycles. The maximum atomic E-state index is 11.1. The minimum absolute atomic E-state index is 0.250. The molecule has 0 saturated carbocycles. The Labute approximate surface area is 105 Å². The second kappa shape index (κ2) is 6.59. The van der Waals surface area contributed by atoms with Crippen LogP contribution in [0.3, 0.4) is 0 Å². The van der Waals surface area contributed by atoms with Crippen LogP contribution in [-0.4, -0.2) is 11.6 Å². The number of hydrogen-bond donors (Lipinski definition) is 1. The first-order chi connectivity index (χ1) is 8.62. The van der Waals surface area contributed by atoms with Crippen LogP contribution in [0.5, 0.6) is 0 Å². The zero-order chi connectivity index (χ0) is 13.5. The number of benzene rings is 1. The minimum Gasteiger partial charge on any atom is -0.483 e. The molecule has 0 atom stereocenters. The van der Waals surface area contributed by atoms with Gasteiger partial charge in [-0.2, -0.15) is 0 Å². The van der Waals surface area contributed by atoms with E-state index in [1.165, 1.54) is 11.6 Å². The lowest BCUT2D eigenvalue weighted by molar-refractivity contribution is -0.122. The highest BCUT2D eigenvalue weighted by molar-refractivity contribution is 5.80. The van der Waals surface area contributed by atoms with Gasteiger partial charge >= 0.3 is 5.63 Å². The summed E-state index contributed by atoms with van der Waals surface area (Å²) in [6.07, 6.45) is 2.19. The molecule has 18 heavy (non-hydrogen) atoms. The van der Waals surface area contributed by atoms with Crippen LogP contribution < -0.4 is 5.63 Å². The molecule has 0 unspecified atom stereocenters. The van der Waals surface area contributed by atoms with Gasteiger partial charge in [0.25, 0.3) is 6.47 Å². The van der Waals surface area contributed by atoms with Crippen molar-refractivity contribution in [3.05, 3.63) is 45.8 Å². The highest BCUT2D eigenvalue weighted by atomic mass is 16.4. The van der Waals surface area contributed by atoms with Crippen LogP contribution in [0.25, 0.3) is 11.0 Å². The van der Waals surface area contributed by atoms with Crippen molar-refractivity contribution in [1.82, 2.24) is 0 Å². The molecule has 1 heterocycles. The number of aryl methyl sites for hydroxylation is 2. The molecule has 0 radical (unpaired) electrons. The Morgan fingerprint density at radius 3 is 2.61 bits per heavy atom. The second-order valence-electron chi connectivity index (χ2n) is 3.93. The highest BCUT2D eigenvalue weighted by Gasteiger charge is 2.02. The normalized spacial score (nSPS) is 9.67. The predicted octanol–water partition coefficient (Wildman–Crippen LogP) is 2.75. The zero-order valence-electron chi connectivity index (χ0n) is 10.5. The zero-order valence-corrected chi connectivity index (χ0v) is 10.5. The second-order valence-corrected chi connectivity index (χ2v) is 3.93. The molecule has 2 rings (SSSR count). The molecule has 0 saturated heterocycles. The Kier molecular flexibility index (Phi) is 5.11.